The topological polar surface area (TPSA) is 83.2 Å². The Balaban J connectivity index is 2.04. The van der Waals surface area contributed by atoms with Gasteiger partial charge >= 0.3 is 0 Å². The van der Waals surface area contributed by atoms with Crippen LogP contribution in [0.2, 0.25) is 0 Å². The molecule has 0 aliphatic heterocycles. The first-order valence-corrected chi connectivity index (χ1v) is 7.20. The molecule has 3 aromatic rings. The van der Waals surface area contributed by atoms with Crippen LogP contribution >= 0.6 is 0 Å². The van der Waals surface area contributed by atoms with Crippen molar-refractivity contribution in [3.05, 3.63) is 31.0 Å². The van der Waals surface area contributed by atoms with Crippen LogP contribution in [-0.4, -0.2) is 24.7 Å². The second-order valence-corrected chi connectivity index (χ2v) is 6.42. The molecule has 6 nitrogen and oxygen atoms in total. The van der Waals surface area contributed by atoms with Gasteiger partial charge in [0, 0.05) is 23.3 Å². The number of hydrogen-bond acceptors (Lipinski definition) is 4. The highest BCUT2D eigenvalue weighted by molar-refractivity contribution is 5.89. The van der Waals surface area contributed by atoms with E-state index >= 15 is 0 Å². The zero-order valence-electron chi connectivity index (χ0n) is 12.9. The fourth-order valence-corrected chi connectivity index (χ4v) is 2.62. The van der Waals surface area contributed by atoms with Crippen LogP contribution in [0.15, 0.2) is 31.0 Å². The van der Waals surface area contributed by atoms with E-state index < -0.39 is 0 Å². The molecule has 3 aromatic heterocycles. The zero-order valence-corrected chi connectivity index (χ0v) is 12.9. The van der Waals surface area contributed by atoms with Crippen molar-refractivity contribution in [2.24, 2.45) is 5.41 Å². The van der Waals surface area contributed by atoms with Gasteiger partial charge in [0.25, 0.3) is 0 Å². The van der Waals surface area contributed by atoms with E-state index in [2.05, 4.69) is 46.9 Å². The van der Waals surface area contributed by atoms with E-state index in [1.165, 1.54) is 0 Å². The van der Waals surface area contributed by atoms with Crippen LogP contribution in [0.25, 0.3) is 22.3 Å². The molecule has 0 saturated heterocycles. The van der Waals surface area contributed by atoms with Crippen molar-refractivity contribution in [3.8, 4) is 17.3 Å². The molecule has 3 heterocycles. The van der Waals surface area contributed by atoms with Gasteiger partial charge in [0.1, 0.15) is 12.0 Å². The van der Waals surface area contributed by atoms with Crippen LogP contribution in [0.1, 0.15) is 33.2 Å². The third-order valence-corrected chi connectivity index (χ3v) is 3.83. The molecule has 1 unspecified atom stereocenters. The van der Waals surface area contributed by atoms with Crippen LogP contribution < -0.4 is 0 Å². The monoisotopic (exact) mass is 294 g/mol. The van der Waals surface area contributed by atoms with Gasteiger partial charge in [0.2, 0.25) is 0 Å². The molecule has 0 aromatic carbocycles. The number of nitriles is 1. The molecule has 22 heavy (non-hydrogen) atoms. The first-order chi connectivity index (χ1) is 10.5. The predicted octanol–water partition coefficient (Wildman–Crippen LogP) is 3.32. The smallest absolute Gasteiger partial charge is 0.141 e. The summed E-state index contributed by atoms with van der Waals surface area (Å²) in [4.78, 5) is 11.7. The standard InChI is InChI=1S/C16H18N6/c1-16(2,3)13(4-6-17)22-9-11(8-21-22)14-12-5-7-18-15(12)20-10-19-14/h5,7-10,13H,4H2,1-3H3,(H,18,19,20). The van der Waals surface area contributed by atoms with Gasteiger partial charge in [-0.2, -0.15) is 10.4 Å². The average Bonchev–Trinajstić information content (AvgIpc) is 3.11. The molecule has 6 heteroatoms. The lowest BCUT2D eigenvalue weighted by Gasteiger charge is -2.28. The summed E-state index contributed by atoms with van der Waals surface area (Å²) in [6, 6.07) is 4.24. The number of H-pyrrole nitrogens is 1. The highest BCUT2D eigenvalue weighted by Crippen LogP contribution is 2.34. The van der Waals surface area contributed by atoms with Gasteiger partial charge in [-0.05, 0) is 11.5 Å². The minimum atomic E-state index is -0.0475. The van der Waals surface area contributed by atoms with Crippen LogP contribution in [0.3, 0.4) is 0 Å². The van der Waals surface area contributed by atoms with Gasteiger partial charge in [-0.3, -0.25) is 4.68 Å². The molecule has 0 aliphatic carbocycles. The van der Waals surface area contributed by atoms with Crippen molar-refractivity contribution in [2.45, 2.75) is 33.2 Å². The van der Waals surface area contributed by atoms with E-state index in [-0.39, 0.29) is 11.5 Å². The fraction of sp³-hybridized carbons (Fsp3) is 0.375. The molecule has 0 aliphatic rings. The number of fused-ring (bicyclic) bond motifs is 1. The molecule has 1 N–H and O–H groups in total. The van der Waals surface area contributed by atoms with Crippen molar-refractivity contribution in [3.63, 3.8) is 0 Å². The van der Waals surface area contributed by atoms with E-state index in [0.29, 0.717) is 6.42 Å². The van der Waals surface area contributed by atoms with Gasteiger partial charge in [-0.1, -0.05) is 20.8 Å². The first kappa shape index (κ1) is 14.3. The van der Waals surface area contributed by atoms with E-state index in [4.69, 9.17) is 5.26 Å². The summed E-state index contributed by atoms with van der Waals surface area (Å²) in [6.07, 6.45) is 7.57. The SMILES string of the molecule is CC(C)(C)C(CC#N)n1cc(-c2ncnc3[nH]ccc23)cn1. The second kappa shape index (κ2) is 5.26. The quantitative estimate of drug-likeness (QED) is 0.803. The van der Waals surface area contributed by atoms with E-state index in [9.17, 15) is 0 Å². The first-order valence-electron chi connectivity index (χ1n) is 7.20. The van der Waals surface area contributed by atoms with Crippen LogP contribution in [0, 0.1) is 16.7 Å². The maximum atomic E-state index is 9.08. The highest BCUT2D eigenvalue weighted by Gasteiger charge is 2.27. The number of nitrogens with zero attached hydrogens (tertiary/aromatic N) is 5. The normalized spacial score (nSPS) is 13.2. The molecule has 112 valence electrons. The zero-order chi connectivity index (χ0) is 15.7. The second-order valence-electron chi connectivity index (χ2n) is 6.42. The van der Waals surface area contributed by atoms with E-state index in [1.54, 1.807) is 12.5 Å². The van der Waals surface area contributed by atoms with E-state index in [0.717, 1.165) is 22.3 Å². The summed E-state index contributed by atoms with van der Waals surface area (Å²) in [5.74, 6) is 0. The molecule has 0 radical (unpaired) electrons. The van der Waals surface area contributed by atoms with E-state index in [1.807, 2.05) is 23.1 Å². The Labute approximate surface area is 128 Å². The summed E-state index contributed by atoms with van der Waals surface area (Å²) in [7, 11) is 0. The number of aromatic nitrogens is 5. The summed E-state index contributed by atoms with van der Waals surface area (Å²) in [5.41, 5.74) is 2.54. The molecule has 0 saturated carbocycles. The Kier molecular flexibility index (Phi) is 3.41. The summed E-state index contributed by atoms with van der Waals surface area (Å²) >= 11 is 0. The summed E-state index contributed by atoms with van der Waals surface area (Å²) < 4.78 is 1.87. The molecule has 1 atom stereocenters. The Morgan fingerprint density at radius 3 is 2.91 bits per heavy atom. The Morgan fingerprint density at radius 2 is 2.18 bits per heavy atom. The molecular formula is C16H18N6. The van der Waals surface area contributed by atoms with Gasteiger partial charge < -0.3 is 4.98 Å². The molecule has 0 amide bonds. The van der Waals surface area contributed by atoms with Crippen molar-refractivity contribution in [2.75, 3.05) is 0 Å². The maximum absolute atomic E-state index is 9.08. The highest BCUT2D eigenvalue weighted by atomic mass is 15.3. The summed E-state index contributed by atoms with van der Waals surface area (Å²) in [6.45, 7) is 6.35. The van der Waals surface area contributed by atoms with Gasteiger partial charge in [0.05, 0.1) is 30.4 Å². The van der Waals surface area contributed by atoms with Crippen LogP contribution in [0.5, 0.6) is 0 Å². The largest absolute Gasteiger partial charge is 0.346 e. The maximum Gasteiger partial charge on any atom is 0.141 e. The van der Waals surface area contributed by atoms with Crippen LogP contribution in [-0.2, 0) is 0 Å². The number of rotatable bonds is 3. The molecule has 0 fully saturated rings. The molecular weight excluding hydrogens is 276 g/mol. The van der Waals surface area contributed by atoms with Crippen LogP contribution in [0.4, 0.5) is 0 Å². The molecule has 0 spiro atoms. The Morgan fingerprint density at radius 1 is 1.36 bits per heavy atom. The summed E-state index contributed by atoms with van der Waals surface area (Å²) in [5, 5.41) is 14.5. The lowest BCUT2D eigenvalue weighted by Crippen LogP contribution is -2.24. The minimum Gasteiger partial charge on any atom is -0.346 e. The Bertz CT molecular complexity index is 830. The van der Waals surface area contributed by atoms with Crippen molar-refractivity contribution >= 4 is 11.0 Å². The van der Waals surface area contributed by atoms with Gasteiger partial charge in [0.15, 0.2) is 0 Å². The number of hydrogen-bond donors (Lipinski definition) is 1. The molecule has 3 rings (SSSR count). The van der Waals surface area contributed by atoms with Crippen molar-refractivity contribution in [1.82, 2.24) is 24.7 Å². The van der Waals surface area contributed by atoms with Crippen molar-refractivity contribution in [1.29, 1.82) is 5.26 Å². The third kappa shape index (κ3) is 2.46. The lowest BCUT2D eigenvalue weighted by molar-refractivity contribution is 0.228. The average molecular weight is 294 g/mol. The lowest BCUT2D eigenvalue weighted by atomic mass is 9.85. The number of nitrogens with one attached hydrogen (secondary N) is 1. The Hall–Kier alpha value is -2.68. The third-order valence-electron chi connectivity index (χ3n) is 3.83. The fourth-order valence-electron chi connectivity index (χ4n) is 2.62. The minimum absolute atomic E-state index is 0.0230. The molecule has 0 bridgehead atoms. The predicted molar refractivity (Wildman–Crippen MR) is 83.8 cm³/mol. The van der Waals surface area contributed by atoms with Crippen molar-refractivity contribution < 1.29 is 0 Å². The van der Waals surface area contributed by atoms with Gasteiger partial charge in [-0.15, -0.1) is 0 Å². The van der Waals surface area contributed by atoms with Gasteiger partial charge in [-0.25, -0.2) is 9.97 Å². The number of aromatic amines is 1.